The maximum atomic E-state index is 10.9. The Hall–Kier alpha value is -2.28. The van der Waals surface area contributed by atoms with E-state index in [9.17, 15) is 10.1 Å². The van der Waals surface area contributed by atoms with Gasteiger partial charge in [-0.15, -0.1) is 0 Å². The van der Waals surface area contributed by atoms with Gasteiger partial charge in [-0.05, 0) is 32.4 Å². The molecule has 2 rings (SSSR count). The molecule has 0 saturated carbocycles. The van der Waals surface area contributed by atoms with Crippen molar-refractivity contribution in [2.24, 2.45) is 0 Å². The number of nitrogens with zero attached hydrogens (tertiary/aromatic N) is 3. The molecule has 0 saturated heterocycles. The Morgan fingerprint density at radius 1 is 1.48 bits per heavy atom. The number of nitrogens with one attached hydrogen (secondary N) is 1. The van der Waals surface area contributed by atoms with Gasteiger partial charge in [-0.25, -0.2) is 0 Å². The van der Waals surface area contributed by atoms with Crippen molar-refractivity contribution in [2.75, 3.05) is 6.54 Å². The Morgan fingerprint density at radius 2 is 2.24 bits per heavy atom. The Morgan fingerprint density at radius 3 is 2.90 bits per heavy atom. The van der Waals surface area contributed by atoms with Crippen molar-refractivity contribution < 1.29 is 9.45 Å². The van der Waals surface area contributed by atoms with E-state index in [1.165, 1.54) is 12.1 Å². The van der Waals surface area contributed by atoms with Crippen molar-refractivity contribution in [3.8, 4) is 11.4 Å². The fourth-order valence-corrected chi connectivity index (χ4v) is 1.93. The first-order chi connectivity index (χ1) is 10.0. The Kier molecular flexibility index (Phi) is 4.64. The molecule has 0 aliphatic carbocycles. The van der Waals surface area contributed by atoms with Crippen LogP contribution in [0, 0.1) is 17.0 Å². The van der Waals surface area contributed by atoms with Crippen molar-refractivity contribution in [2.45, 2.75) is 33.2 Å². The largest absolute Gasteiger partial charge is 0.337 e. The molecular formula is C14H18N4O3. The summed E-state index contributed by atoms with van der Waals surface area (Å²) < 4.78 is 5.24. The molecule has 0 bridgehead atoms. The van der Waals surface area contributed by atoms with Crippen LogP contribution in [-0.2, 0) is 0 Å². The number of aromatic nitrogens is 2. The molecule has 7 nitrogen and oxygen atoms in total. The summed E-state index contributed by atoms with van der Waals surface area (Å²) in [5, 5.41) is 18.0. The number of nitro benzene ring substituents is 1. The lowest BCUT2D eigenvalue weighted by Crippen LogP contribution is -2.19. The molecule has 1 aromatic heterocycles. The number of benzene rings is 1. The van der Waals surface area contributed by atoms with Gasteiger partial charge in [0.2, 0.25) is 11.7 Å². The summed E-state index contributed by atoms with van der Waals surface area (Å²) in [6, 6.07) is 4.56. The standard InChI is InChI=1S/C14H18N4O3/c1-4-7-15-10(3)14-16-13(17-21-14)12-8-11(18(19)20)6-5-9(12)2/h5-6,8,10,15H,4,7H2,1-3H3. The molecule has 1 N–H and O–H groups in total. The van der Waals surface area contributed by atoms with Gasteiger partial charge >= 0.3 is 0 Å². The second-order valence-electron chi connectivity index (χ2n) is 4.89. The van der Waals surface area contributed by atoms with E-state index in [0.717, 1.165) is 18.5 Å². The van der Waals surface area contributed by atoms with Crippen LogP contribution in [0.4, 0.5) is 5.69 Å². The summed E-state index contributed by atoms with van der Waals surface area (Å²) >= 11 is 0. The minimum absolute atomic E-state index is 0.0131. The second kappa shape index (κ2) is 6.45. The summed E-state index contributed by atoms with van der Waals surface area (Å²) in [6.07, 6.45) is 1.01. The predicted octanol–water partition coefficient (Wildman–Crippen LogP) is 3.01. The first-order valence-electron chi connectivity index (χ1n) is 6.85. The van der Waals surface area contributed by atoms with Gasteiger partial charge in [-0.3, -0.25) is 10.1 Å². The van der Waals surface area contributed by atoms with Gasteiger partial charge in [0.1, 0.15) is 0 Å². The number of hydrogen-bond acceptors (Lipinski definition) is 6. The van der Waals surface area contributed by atoms with Crippen LogP contribution in [-0.4, -0.2) is 21.6 Å². The summed E-state index contributed by atoms with van der Waals surface area (Å²) in [7, 11) is 0. The number of non-ortho nitro benzene ring substituents is 1. The molecule has 0 aliphatic heterocycles. The summed E-state index contributed by atoms with van der Waals surface area (Å²) in [6.45, 7) is 6.72. The van der Waals surface area contributed by atoms with E-state index in [4.69, 9.17) is 4.52 Å². The van der Waals surface area contributed by atoms with E-state index in [2.05, 4.69) is 22.4 Å². The van der Waals surface area contributed by atoms with E-state index >= 15 is 0 Å². The summed E-state index contributed by atoms with van der Waals surface area (Å²) in [5.74, 6) is 0.848. The van der Waals surface area contributed by atoms with Crippen molar-refractivity contribution in [1.82, 2.24) is 15.5 Å². The first-order valence-corrected chi connectivity index (χ1v) is 6.85. The minimum Gasteiger partial charge on any atom is -0.337 e. The van der Waals surface area contributed by atoms with Crippen molar-refractivity contribution in [1.29, 1.82) is 0 Å². The zero-order chi connectivity index (χ0) is 15.4. The van der Waals surface area contributed by atoms with E-state index in [1.54, 1.807) is 6.07 Å². The number of nitro groups is 1. The van der Waals surface area contributed by atoms with Gasteiger partial charge < -0.3 is 9.84 Å². The van der Waals surface area contributed by atoms with Gasteiger partial charge in [-0.1, -0.05) is 18.1 Å². The zero-order valence-electron chi connectivity index (χ0n) is 12.3. The van der Waals surface area contributed by atoms with Crippen LogP contribution >= 0.6 is 0 Å². The van der Waals surface area contributed by atoms with Crippen LogP contribution in [0.1, 0.15) is 37.8 Å². The highest BCUT2D eigenvalue weighted by Crippen LogP contribution is 2.26. The molecule has 1 aromatic carbocycles. The van der Waals surface area contributed by atoms with E-state index in [-0.39, 0.29) is 11.7 Å². The quantitative estimate of drug-likeness (QED) is 0.649. The Labute approximate surface area is 122 Å². The molecule has 1 atom stereocenters. The molecule has 7 heteroatoms. The third-order valence-corrected chi connectivity index (χ3v) is 3.19. The van der Waals surface area contributed by atoms with Gasteiger partial charge in [0.25, 0.3) is 5.69 Å². The molecule has 0 amide bonds. The molecule has 1 unspecified atom stereocenters. The zero-order valence-corrected chi connectivity index (χ0v) is 12.3. The summed E-state index contributed by atoms with van der Waals surface area (Å²) in [4.78, 5) is 14.8. The highest BCUT2D eigenvalue weighted by molar-refractivity contribution is 5.63. The molecule has 0 spiro atoms. The summed E-state index contributed by atoms with van der Waals surface area (Å²) in [5.41, 5.74) is 1.49. The molecular weight excluding hydrogens is 272 g/mol. The molecule has 2 aromatic rings. The first kappa shape index (κ1) is 15.1. The molecule has 1 heterocycles. The fourth-order valence-electron chi connectivity index (χ4n) is 1.93. The van der Waals surface area contributed by atoms with Gasteiger partial charge in [0.15, 0.2) is 0 Å². The minimum atomic E-state index is -0.435. The highest BCUT2D eigenvalue weighted by atomic mass is 16.6. The maximum absolute atomic E-state index is 10.9. The van der Waals surface area contributed by atoms with Gasteiger partial charge in [0, 0.05) is 17.7 Å². The smallest absolute Gasteiger partial charge is 0.270 e. The van der Waals surface area contributed by atoms with Crippen molar-refractivity contribution in [3.05, 3.63) is 39.8 Å². The van der Waals surface area contributed by atoms with Crippen LogP contribution < -0.4 is 5.32 Å². The van der Waals surface area contributed by atoms with Crippen LogP contribution in [0.5, 0.6) is 0 Å². The lowest BCUT2D eigenvalue weighted by molar-refractivity contribution is -0.384. The van der Waals surface area contributed by atoms with Crippen LogP contribution in [0.15, 0.2) is 22.7 Å². The fraction of sp³-hybridized carbons (Fsp3) is 0.429. The number of aryl methyl sites for hydroxylation is 1. The number of hydrogen-bond donors (Lipinski definition) is 1. The Balaban J connectivity index is 2.29. The monoisotopic (exact) mass is 290 g/mol. The van der Waals surface area contributed by atoms with Gasteiger partial charge in [0.05, 0.1) is 11.0 Å². The number of rotatable bonds is 6. The third kappa shape index (κ3) is 3.43. The maximum Gasteiger partial charge on any atom is 0.270 e. The van der Waals surface area contributed by atoms with Gasteiger partial charge in [-0.2, -0.15) is 4.98 Å². The highest BCUT2D eigenvalue weighted by Gasteiger charge is 2.17. The molecule has 112 valence electrons. The SMILES string of the molecule is CCCNC(C)c1nc(-c2cc([N+](=O)[O-])ccc2C)no1. The Bertz CT molecular complexity index is 639. The molecule has 0 fully saturated rings. The average Bonchev–Trinajstić information content (AvgIpc) is 2.94. The van der Waals surface area contributed by atoms with E-state index < -0.39 is 4.92 Å². The average molecular weight is 290 g/mol. The molecule has 0 aliphatic rings. The van der Waals surface area contributed by atoms with Crippen molar-refractivity contribution >= 4 is 5.69 Å². The molecule has 21 heavy (non-hydrogen) atoms. The van der Waals surface area contributed by atoms with Crippen LogP contribution in [0.3, 0.4) is 0 Å². The van der Waals surface area contributed by atoms with Crippen molar-refractivity contribution in [3.63, 3.8) is 0 Å². The van der Waals surface area contributed by atoms with E-state index in [0.29, 0.717) is 17.3 Å². The lowest BCUT2D eigenvalue weighted by Gasteiger charge is -2.07. The van der Waals surface area contributed by atoms with Crippen LogP contribution in [0.25, 0.3) is 11.4 Å². The molecule has 0 radical (unpaired) electrons. The second-order valence-corrected chi connectivity index (χ2v) is 4.89. The third-order valence-electron chi connectivity index (χ3n) is 3.19. The normalized spacial score (nSPS) is 12.3. The topological polar surface area (TPSA) is 94.1 Å². The van der Waals surface area contributed by atoms with E-state index in [1.807, 2.05) is 13.8 Å². The van der Waals surface area contributed by atoms with Crippen LogP contribution in [0.2, 0.25) is 0 Å². The lowest BCUT2D eigenvalue weighted by atomic mass is 10.1. The predicted molar refractivity (Wildman–Crippen MR) is 77.8 cm³/mol.